The van der Waals surface area contributed by atoms with Crippen LogP contribution in [-0.2, 0) is 4.74 Å². The molecule has 1 aromatic heterocycles. The third-order valence-electron chi connectivity index (χ3n) is 4.87. The quantitative estimate of drug-likeness (QED) is 0.837. The average Bonchev–Trinajstić information content (AvgIpc) is 3.31. The van der Waals surface area contributed by atoms with Crippen LogP contribution in [0.15, 0.2) is 12.1 Å². The molecule has 1 atom stereocenters. The van der Waals surface area contributed by atoms with Gasteiger partial charge in [0.15, 0.2) is 16.6 Å². The fourth-order valence-electron chi connectivity index (χ4n) is 3.60. The van der Waals surface area contributed by atoms with Crippen LogP contribution in [0, 0.1) is 0 Å². The predicted octanol–water partition coefficient (Wildman–Crippen LogP) is 1.94. The lowest BCUT2D eigenvalue weighted by molar-refractivity contribution is 0.0209. The largest absolute Gasteiger partial charge is 0.454 e. The highest BCUT2D eigenvalue weighted by Gasteiger charge is 2.30. The van der Waals surface area contributed by atoms with Crippen LogP contribution in [0.2, 0.25) is 0 Å². The number of thiazole rings is 1. The summed E-state index contributed by atoms with van der Waals surface area (Å²) < 4.78 is 17.5. The third kappa shape index (κ3) is 2.43. The van der Waals surface area contributed by atoms with Gasteiger partial charge < -0.3 is 19.1 Å². The van der Waals surface area contributed by atoms with E-state index in [9.17, 15) is 0 Å². The molecule has 0 bridgehead atoms. The Bertz CT molecular complexity index is 688. The molecule has 0 radical (unpaired) electrons. The maximum atomic E-state index is 5.46. The second-order valence-electron chi connectivity index (χ2n) is 6.21. The topological polar surface area (TPSA) is 47.1 Å². The van der Waals surface area contributed by atoms with Crippen LogP contribution in [-0.4, -0.2) is 62.1 Å². The number of nitrogens with zero attached hydrogens (tertiary/aromatic N) is 3. The standard InChI is InChI=1S/C16H19N3O3S/c1-2-19(9-11(1)18-3-5-20-6-4-18)16-17-12-7-13-14(22-10-21-13)8-15(12)23-16/h7-8,11H,1-6,9-10H2. The molecule has 2 saturated heterocycles. The molecule has 0 amide bonds. The van der Waals surface area contributed by atoms with Crippen molar-refractivity contribution in [3.05, 3.63) is 12.1 Å². The molecule has 0 spiro atoms. The zero-order chi connectivity index (χ0) is 15.2. The molecular weight excluding hydrogens is 314 g/mol. The summed E-state index contributed by atoms with van der Waals surface area (Å²) in [5.74, 6) is 1.64. The molecule has 1 unspecified atom stereocenters. The Balaban J connectivity index is 1.36. The summed E-state index contributed by atoms with van der Waals surface area (Å²) in [5, 5.41) is 1.11. The van der Waals surface area contributed by atoms with Gasteiger partial charge in [0.1, 0.15) is 0 Å². The number of ether oxygens (including phenoxy) is 3. The first-order chi connectivity index (χ1) is 11.4. The maximum Gasteiger partial charge on any atom is 0.231 e. The van der Waals surface area contributed by atoms with Gasteiger partial charge in [-0.15, -0.1) is 0 Å². The van der Waals surface area contributed by atoms with E-state index in [1.165, 1.54) is 11.1 Å². The second kappa shape index (κ2) is 5.51. The molecule has 0 N–H and O–H groups in total. The zero-order valence-corrected chi connectivity index (χ0v) is 13.7. The van der Waals surface area contributed by atoms with E-state index in [4.69, 9.17) is 19.2 Å². The summed E-state index contributed by atoms with van der Waals surface area (Å²) in [6, 6.07) is 4.67. The van der Waals surface area contributed by atoms with Crippen molar-refractivity contribution in [3.8, 4) is 11.5 Å². The summed E-state index contributed by atoms with van der Waals surface area (Å²) in [6.45, 7) is 6.29. The summed E-state index contributed by atoms with van der Waals surface area (Å²) in [5.41, 5.74) is 1.00. The number of aromatic nitrogens is 1. The van der Waals surface area contributed by atoms with Crippen molar-refractivity contribution >= 4 is 26.7 Å². The smallest absolute Gasteiger partial charge is 0.231 e. The number of fused-ring (bicyclic) bond motifs is 2. The van der Waals surface area contributed by atoms with Crippen LogP contribution in [0.25, 0.3) is 10.2 Å². The van der Waals surface area contributed by atoms with Gasteiger partial charge in [-0.2, -0.15) is 0 Å². The molecule has 3 aliphatic heterocycles. The van der Waals surface area contributed by atoms with Crippen LogP contribution in [0.5, 0.6) is 11.5 Å². The van der Waals surface area contributed by atoms with E-state index in [0.717, 1.165) is 61.5 Å². The van der Waals surface area contributed by atoms with E-state index in [-0.39, 0.29) is 0 Å². The van der Waals surface area contributed by atoms with E-state index in [1.54, 1.807) is 11.3 Å². The van der Waals surface area contributed by atoms with E-state index < -0.39 is 0 Å². The SMILES string of the molecule is c1c2c(cc3sc(N4CCC(N5CCOCC5)C4)nc13)OCO2. The van der Waals surface area contributed by atoms with Gasteiger partial charge in [-0.05, 0) is 6.42 Å². The van der Waals surface area contributed by atoms with Crippen molar-refractivity contribution in [2.24, 2.45) is 0 Å². The molecule has 0 saturated carbocycles. The van der Waals surface area contributed by atoms with Gasteiger partial charge in [0, 0.05) is 44.4 Å². The summed E-state index contributed by atoms with van der Waals surface area (Å²) in [6.07, 6.45) is 1.21. The Morgan fingerprint density at radius 3 is 2.78 bits per heavy atom. The number of hydrogen-bond donors (Lipinski definition) is 0. The molecule has 4 heterocycles. The molecular formula is C16H19N3O3S. The van der Waals surface area contributed by atoms with Crippen molar-refractivity contribution < 1.29 is 14.2 Å². The molecule has 7 heteroatoms. The van der Waals surface area contributed by atoms with E-state index in [1.807, 2.05) is 12.1 Å². The first-order valence-electron chi connectivity index (χ1n) is 8.14. The lowest BCUT2D eigenvalue weighted by Crippen LogP contribution is -2.44. The Kier molecular flexibility index (Phi) is 3.31. The number of benzene rings is 1. The first-order valence-corrected chi connectivity index (χ1v) is 8.95. The van der Waals surface area contributed by atoms with Gasteiger partial charge in [0.05, 0.1) is 23.4 Å². The molecule has 23 heavy (non-hydrogen) atoms. The Morgan fingerprint density at radius 2 is 1.91 bits per heavy atom. The molecule has 3 aliphatic rings. The van der Waals surface area contributed by atoms with Crippen LogP contribution < -0.4 is 14.4 Å². The van der Waals surface area contributed by atoms with Crippen LogP contribution >= 0.6 is 11.3 Å². The van der Waals surface area contributed by atoms with Crippen LogP contribution in [0.1, 0.15) is 6.42 Å². The molecule has 5 rings (SSSR count). The van der Waals surface area contributed by atoms with Gasteiger partial charge in [-0.1, -0.05) is 11.3 Å². The fraction of sp³-hybridized carbons (Fsp3) is 0.562. The summed E-state index contributed by atoms with van der Waals surface area (Å²) in [7, 11) is 0. The molecule has 1 aromatic carbocycles. The van der Waals surface area contributed by atoms with Crippen molar-refractivity contribution in [3.63, 3.8) is 0 Å². The summed E-state index contributed by atoms with van der Waals surface area (Å²) >= 11 is 1.75. The van der Waals surface area contributed by atoms with Crippen LogP contribution in [0.4, 0.5) is 5.13 Å². The number of rotatable bonds is 2. The Morgan fingerprint density at radius 1 is 1.09 bits per heavy atom. The van der Waals surface area contributed by atoms with Gasteiger partial charge in [0.25, 0.3) is 0 Å². The minimum Gasteiger partial charge on any atom is -0.454 e. The minimum atomic E-state index is 0.312. The van der Waals surface area contributed by atoms with Gasteiger partial charge in [0.2, 0.25) is 6.79 Å². The fourth-order valence-corrected chi connectivity index (χ4v) is 4.61. The molecule has 0 aliphatic carbocycles. The van der Waals surface area contributed by atoms with Crippen molar-refractivity contribution in [2.45, 2.75) is 12.5 Å². The number of hydrogen-bond acceptors (Lipinski definition) is 7. The van der Waals surface area contributed by atoms with Crippen molar-refractivity contribution in [2.75, 3.05) is 51.1 Å². The first kappa shape index (κ1) is 13.8. The van der Waals surface area contributed by atoms with Gasteiger partial charge in [-0.3, -0.25) is 4.90 Å². The van der Waals surface area contributed by atoms with E-state index in [2.05, 4.69) is 9.80 Å². The maximum absolute atomic E-state index is 5.46. The van der Waals surface area contributed by atoms with Crippen molar-refractivity contribution in [1.29, 1.82) is 0 Å². The van der Waals surface area contributed by atoms with E-state index in [0.29, 0.717) is 12.8 Å². The number of anilines is 1. The average molecular weight is 333 g/mol. The molecule has 2 aromatic rings. The Hall–Kier alpha value is -1.57. The molecule has 122 valence electrons. The number of morpholine rings is 1. The lowest BCUT2D eigenvalue weighted by atomic mass is 10.2. The van der Waals surface area contributed by atoms with Gasteiger partial charge >= 0.3 is 0 Å². The minimum absolute atomic E-state index is 0.312. The lowest BCUT2D eigenvalue weighted by Gasteiger charge is -2.32. The van der Waals surface area contributed by atoms with Crippen LogP contribution in [0.3, 0.4) is 0 Å². The molecule has 2 fully saturated rings. The monoisotopic (exact) mass is 333 g/mol. The van der Waals surface area contributed by atoms with E-state index >= 15 is 0 Å². The summed E-state index contributed by atoms with van der Waals surface area (Å²) in [4.78, 5) is 9.79. The molecule has 6 nitrogen and oxygen atoms in total. The highest BCUT2D eigenvalue weighted by molar-refractivity contribution is 7.22. The van der Waals surface area contributed by atoms with Gasteiger partial charge in [-0.25, -0.2) is 4.98 Å². The van der Waals surface area contributed by atoms with Crippen molar-refractivity contribution in [1.82, 2.24) is 9.88 Å². The normalized spacial score (nSPS) is 24.7. The second-order valence-corrected chi connectivity index (χ2v) is 7.22. The third-order valence-corrected chi connectivity index (χ3v) is 5.95. The Labute approximate surface area is 138 Å². The zero-order valence-electron chi connectivity index (χ0n) is 12.9. The highest BCUT2D eigenvalue weighted by Crippen LogP contribution is 2.40. The highest BCUT2D eigenvalue weighted by atomic mass is 32.1. The predicted molar refractivity (Wildman–Crippen MR) is 88.8 cm³/mol.